The summed E-state index contributed by atoms with van der Waals surface area (Å²) in [7, 11) is 1.62. The first-order chi connectivity index (χ1) is 8.52. The third-order valence-corrected chi connectivity index (χ3v) is 3.35. The van der Waals surface area contributed by atoms with E-state index in [-0.39, 0.29) is 11.8 Å². The van der Waals surface area contributed by atoms with Crippen molar-refractivity contribution in [3.05, 3.63) is 28.2 Å². The number of hydrogen-bond donors (Lipinski definition) is 1. The fraction of sp³-hybridized carbons (Fsp3) is 0.500. The van der Waals surface area contributed by atoms with Crippen LogP contribution in [0.5, 0.6) is 5.75 Å². The van der Waals surface area contributed by atoms with Crippen molar-refractivity contribution in [1.82, 2.24) is 0 Å². The van der Waals surface area contributed by atoms with Gasteiger partial charge in [-0.2, -0.15) is 0 Å². The van der Waals surface area contributed by atoms with Gasteiger partial charge in [0, 0.05) is 18.9 Å². The van der Waals surface area contributed by atoms with Crippen molar-refractivity contribution >= 4 is 21.7 Å². The van der Waals surface area contributed by atoms with E-state index in [0.29, 0.717) is 12.8 Å². The summed E-state index contributed by atoms with van der Waals surface area (Å²) in [4.78, 5) is 11.8. The van der Waals surface area contributed by atoms with Gasteiger partial charge in [-0.25, -0.2) is 0 Å². The van der Waals surface area contributed by atoms with E-state index in [2.05, 4.69) is 15.9 Å². The van der Waals surface area contributed by atoms with E-state index >= 15 is 0 Å². The van der Waals surface area contributed by atoms with Gasteiger partial charge in [-0.3, -0.25) is 4.79 Å². The lowest BCUT2D eigenvalue weighted by Gasteiger charge is -2.07. The highest BCUT2D eigenvalue weighted by molar-refractivity contribution is 9.10. The van der Waals surface area contributed by atoms with Crippen molar-refractivity contribution in [2.24, 2.45) is 5.73 Å². The highest BCUT2D eigenvalue weighted by Crippen LogP contribution is 2.25. The summed E-state index contributed by atoms with van der Waals surface area (Å²) in [5, 5.41) is 0. The van der Waals surface area contributed by atoms with Crippen LogP contribution >= 0.6 is 15.9 Å². The molecular weight excluding hydrogens is 294 g/mol. The van der Waals surface area contributed by atoms with Gasteiger partial charge < -0.3 is 10.5 Å². The topological polar surface area (TPSA) is 52.3 Å². The number of methoxy groups -OCH3 is 1. The number of carbonyl (C=O) groups excluding carboxylic acids is 1. The summed E-state index contributed by atoms with van der Waals surface area (Å²) in [5.41, 5.74) is 6.66. The summed E-state index contributed by atoms with van der Waals surface area (Å²) in [5.74, 6) is 1.04. The van der Waals surface area contributed by atoms with Gasteiger partial charge in [0.25, 0.3) is 0 Å². The zero-order valence-electron chi connectivity index (χ0n) is 10.9. The van der Waals surface area contributed by atoms with E-state index in [0.717, 1.165) is 28.6 Å². The Balaban J connectivity index is 2.47. The molecule has 0 spiro atoms. The van der Waals surface area contributed by atoms with E-state index in [4.69, 9.17) is 10.5 Å². The second-order valence-corrected chi connectivity index (χ2v) is 5.41. The Labute approximate surface area is 117 Å². The normalized spacial score (nSPS) is 12.2. The summed E-state index contributed by atoms with van der Waals surface area (Å²) in [6.07, 6.45) is 2.85. The highest BCUT2D eigenvalue weighted by atomic mass is 79.9. The molecule has 0 heterocycles. The zero-order chi connectivity index (χ0) is 13.5. The lowest BCUT2D eigenvalue weighted by atomic mass is 10.0. The molecule has 100 valence electrons. The monoisotopic (exact) mass is 313 g/mol. The molecule has 1 unspecified atom stereocenters. The molecule has 4 heteroatoms. The largest absolute Gasteiger partial charge is 0.496 e. The van der Waals surface area contributed by atoms with Gasteiger partial charge in [0.05, 0.1) is 11.6 Å². The Morgan fingerprint density at radius 2 is 2.22 bits per heavy atom. The number of Topliss-reactive ketones (excluding diaryl/α,β-unsaturated/α-hetero) is 1. The fourth-order valence-electron chi connectivity index (χ4n) is 1.76. The molecule has 0 saturated carbocycles. The first kappa shape index (κ1) is 15.2. The number of ether oxygens (including phenoxy) is 1. The Kier molecular flexibility index (Phi) is 6.36. The standard InChI is InChI=1S/C14H20BrNO2/c1-10(16)4-3-5-12(17)8-11-6-7-14(18-2)13(15)9-11/h6-7,9-10H,3-5,8,16H2,1-2H3. The lowest BCUT2D eigenvalue weighted by Crippen LogP contribution is -2.15. The number of nitrogens with two attached hydrogens (primary N) is 1. The van der Waals surface area contributed by atoms with Gasteiger partial charge in [-0.05, 0) is 53.4 Å². The minimum atomic E-state index is 0.174. The van der Waals surface area contributed by atoms with Gasteiger partial charge in [-0.15, -0.1) is 0 Å². The van der Waals surface area contributed by atoms with Crippen molar-refractivity contribution in [2.75, 3.05) is 7.11 Å². The SMILES string of the molecule is COc1ccc(CC(=O)CCCC(C)N)cc1Br. The lowest BCUT2D eigenvalue weighted by molar-refractivity contribution is -0.118. The number of rotatable bonds is 7. The molecule has 0 aliphatic carbocycles. The van der Waals surface area contributed by atoms with Crippen molar-refractivity contribution < 1.29 is 9.53 Å². The Morgan fingerprint density at radius 1 is 1.50 bits per heavy atom. The smallest absolute Gasteiger partial charge is 0.137 e. The molecule has 0 aromatic heterocycles. The Bertz CT molecular complexity index is 405. The van der Waals surface area contributed by atoms with Gasteiger partial charge in [0.15, 0.2) is 0 Å². The van der Waals surface area contributed by atoms with E-state index in [1.807, 2.05) is 25.1 Å². The first-order valence-electron chi connectivity index (χ1n) is 6.12. The maximum Gasteiger partial charge on any atom is 0.137 e. The van der Waals surface area contributed by atoms with Crippen LogP contribution in [0.1, 0.15) is 31.7 Å². The maximum atomic E-state index is 11.8. The molecule has 1 rings (SSSR count). The van der Waals surface area contributed by atoms with Crippen molar-refractivity contribution in [1.29, 1.82) is 0 Å². The second-order valence-electron chi connectivity index (χ2n) is 4.55. The molecular formula is C14H20BrNO2. The van der Waals surface area contributed by atoms with E-state index in [1.165, 1.54) is 0 Å². The average Bonchev–Trinajstić information content (AvgIpc) is 2.28. The van der Waals surface area contributed by atoms with E-state index in [9.17, 15) is 4.79 Å². The van der Waals surface area contributed by atoms with Crippen LogP contribution in [-0.4, -0.2) is 18.9 Å². The molecule has 0 saturated heterocycles. The fourth-order valence-corrected chi connectivity index (χ4v) is 2.35. The number of carbonyl (C=O) groups is 1. The zero-order valence-corrected chi connectivity index (χ0v) is 12.5. The summed E-state index contributed by atoms with van der Waals surface area (Å²) < 4.78 is 6.03. The molecule has 0 aliphatic heterocycles. The third-order valence-electron chi connectivity index (χ3n) is 2.73. The number of hydrogen-bond acceptors (Lipinski definition) is 3. The van der Waals surface area contributed by atoms with Crippen molar-refractivity contribution in [2.45, 2.75) is 38.6 Å². The summed E-state index contributed by atoms with van der Waals surface area (Å²) in [6, 6.07) is 5.90. The molecule has 0 fully saturated rings. The summed E-state index contributed by atoms with van der Waals surface area (Å²) in [6.45, 7) is 1.96. The van der Waals surface area contributed by atoms with Crippen LogP contribution in [0.4, 0.5) is 0 Å². The van der Waals surface area contributed by atoms with Crippen molar-refractivity contribution in [3.63, 3.8) is 0 Å². The molecule has 0 aliphatic rings. The molecule has 1 aromatic rings. The van der Waals surface area contributed by atoms with Crippen molar-refractivity contribution in [3.8, 4) is 5.75 Å². The number of halogens is 1. The average molecular weight is 314 g/mol. The van der Waals surface area contributed by atoms with Gasteiger partial charge in [-0.1, -0.05) is 6.07 Å². The summed E-state index contributed by atoms with van der Waals surface area (Å²) >= 11 is 3.42. The Hall–Kier alpha value is -0.870. The quantitative estimate of drug-likeness (QED) is 0.841. The second kappa shape index (κ2) is 7.54. The molecule has 1 aromatic carbocycles. The molecule has 3 nitrogen and oxygen atoms in total. The predicted octanol–water partition coefficient (Wildman–Crippen LogP) is 3.09. The van der Waals surface area contributed by atoms with E-state index < -0.39 is 0 Å². The molecule has 0 radical (unpaired) electrons. The van der Waals surface area contributed by atoms with Crippen LogP contribution in [0.2, 0.25) is 0 Å². The first-order valence-corrected chi connectivity index (χ1v) is 6.92. The van der Waals surface area contributed by atoms with Crippen LogP contribution in [0.15, 0.2) is 22.7 Å². The molecule has 18 heavy (non-hydrogen) atoms. The van der Waals surface area contributed by atoms with Gasteiger partial charge in [0.1, 0.15) is 11.5 Å². The van der Waals surface area contributed by atoms with Crippen LogP contribution < -0.4 is 10.5 Å². The van der Waals surface area contributed by atoms with Crippen LogP contribution in [0.25, 0.3) is 0 Å². The molecule has 0 amide bonds. The molecule has 2 N–H and O–H groups in total. The molecule has 0 bridgehead atoms. The van der Waals surface area contributed by atoms with Crippen LogP contribution in [0.3, 0.4) is 0 Å². The highest BCUT2D eigenvalue weighted by Gasteiger charge is 2.07. The minimum Gasteiger partial charge on any atom is -0.496 e. The van der Waals surface area contributed by atoms with Crippen LogP contribution in [-0.2, 0) is 11.2 Å². The molecule has 1 atom stereocenters. The third kappa shape index (κ3) is 5.19. The maximum absolute atomic E-state index is 11.8. The van der Waals surface area contributed by atoms with Gasteiger partial charge in [0.2, 0.25) is 0 Å². The number of benzene rings is 1. The van der Waals surface area contributed by atoms with Crippen LogP contribution in [0, 0.1) is 0 Å². The predicted molar refractivity (Wildman–Crippen MR) is 76.9 cm³/mol. The van der Waals surface area contributed by atoms with Gasteiger partial charge >= 0.3 is 0 Å². The van der Waals surface area contributed by atoms with E-state index in [1.54, 1.807) is 7.11 Å². The number of ketones is 1. The minimum absolute atomic E-state index is 0.174. The Morgan fingerprint density at radius 3 is 2.78 bits per heavy atom.